The maximum absolute atomic E-state index is 9.25. The van der Waals surface area contributed by atoms with Crippen molar-refractivity contribution in [2.45, 2.75) is 104 Å². The van der Waals surface area contributed by atoms with Gasteiger partial charge < -0.3 is 25.1 Å². The molecule has 0 radical (unpaired) electrons. The number of aliphatic hydroxyl groups is 2. The van der Waals surface area contributed by atoms with Crippen molar-refractivity contribution >= 4 is 17.6 Å². The van der Waals surface area contributed by atoms with Crippen LogP contribution in [-0.4, -0.2) is 95.2 Å². The van der Waals surface area contributed by atoms with E-state index in [2.05, 4.69) is 40.2 Å². The van der Waals surface area contributed by atoms with Crippen molar-refractivity contribution < 1.29 is 79.2 Å². The third-order valence-electron chi connectivity index (χ3n) is 6.48. The molecule has 8 nitrogen and oxygen atoms in total. The largest absolute Gasteiger partial charge is 1.00 e. The average Bonchev–Trinajstić information content (AvgIpc) is 3.54. The zero-order chi connectivity index (χ0) is 27.6. The number of hydrogen-bond donors (Lipinski definition) is 3. The molecule has 0 saturated heterocycles. The van der Waals surface area contributed by atoms with Gasteiger partial charge in [0.05, 0.1) is 38.0 Å². The minimum Gasteiger partial charge on any atom is -0.478 e. The summed E-state index contributed by atoms with van der Waals surface area (Å²) in [5.74, 6) is 1.47. The zero-order valence-electron chi connectivity index (χ0n) is 25.9. The van der Waals surface area contributed by atoms with Crippen molar-refractivity contribution in [2.75, 3.05) is 52.5 Å². The number of aliphatic carboxylic acids is 1. The van der Waals surface area contributed by atoms with Crippen LogP contribution in [0.5, 0.6) is 0 Å². The Hall–Kier alpha value is 0.0700. The summed E-state index contributed by atoms with van der Waals surface area (Å²) in [6, 6.07) is 0. The van der Waals surface area contributed by atoms with Crippen molar-refractivity contribution in [3.63, 3.8) is 0 Å². The molecule has 0 aromatic carbocycles. The molecule has 3 N–H and O–H groups in total. The van der Waals surface area contributed by atoms with Crippen LogP contribution in [0.15, 0.2) is 22.6 Å². The molecule has 10 heteroatoms. The Kier molecular flexibility index (Phi) is 36.4. The van der Waals surface area contributed by atoms with E-state index in [-0.39, 0.29) is 72.3 Å². The summed E-state index contributed by atoms with van der Waals surface area (Å²) in [7, 11) is 0. The molecular weight excluding hydrogens is 514 g/mol. The number of β-amino-alcohol motifs (C(OH)–C–C–N with tert-alkyl or cyclic N) is 2. The molecule has 2 aliphatic heterocycles. The second-order valence-electron chi connectivity index (χ2n) is 9.60. The van der Waals surface area contributed by atoms with Crippen LogP contribution in [0.3, 0.4) is 0 Å². The Balaban J connectivity index is -0.000000546. The molecule has 2 aliphatic rings. The predicted octanol–water partition coefficient (Wildman–Crippen LogP) is -0.848. The number of rotatable bonds is 19. The SMILES string of the molecule is C=CC(=O)O.CCCCCCCC1=NCCN1CCO.CCCCCCCCCC1=NCCN1CCO.[Na+].[Na+]. The second-order valence-corrected chi connectivity index (χ2v) is 9.60. The first-order chi connectivity index (χ1) is 18.0. The van der Waals surface area contributed by atoms with Gasteiger partial charge in [0.25, 0.3) is 0 Å². The van der Waals surface area contributed by atoms with Gasteiger partial charge in [-0.3, -0.25) is 9.98 Å². The van der Waals surface area contributed by atoms with Gasteiger partial charge in [-0.15, -0.1) is 0 Å². The van der Waals surface area contributed by atoms with E-state index in [0.29, 0.717) is 0 Å². The molecule has 216 valence electrons. The Bertz CT molecular complexity index is 636. The van der Waals surface area contributed by atoms with Gasteiger partial charge in [-0.05, 0) is 12.8 Å². The number of carboxylic acid groups (broad SMARTS) is 1. The van der Waals surface area contributed by atoms with E-state index in [0.717, 1.165) is 58.2 Å². The molecular formula is C29H56N4Na2O4+2. The standard InChI is InChI=1S/C14H28N2O.C12H24N2O.C3H4O2.2Na/c1-2-3-4-5-6-7-8-9-14-15-10-11-16(14)12-13-17;1-2-3-4-5-6-7-12-13-8-9-14(12)10-11-15;1-2-3(4)5;;/h17H,2-13H2,1H3;15H,2-11H2,1H3;2H,1H2,(H,4,5);;/q;;;2*+1. The zero-order valence-corrected chi connectivity index (χ0v) is 29.9. The number of aliphatic hydroxyl groups excluding tert-OH is 2. The summed E-state index contributed by atoms with van der Waals surface area (Å²) in [5.41, 5.74) is 0. The van der Waals surface area contributed by atoms with Gasteiger partial charge in [0, 0.05) is 45.1 Å². The van der Waals surface area contributed by atoms with Gasteiger partial charge in [0.1, 0.15) is 0 Å². The molecule has 0 fully saturated rings. The quantitative estimate of drug-likeness (QED) is 0.106. The first kappa shape index (κ1) is 43.5. The third-order valence-corrected chi connectivity index (χ3v) is 6.48. The van der Waals surface area contributed by atoms with Crippen LogP contribution < -0.4 is 59.1 Å². The summed E-state index contributed by atoms with van der Waals surface area (Å²) >= 11 is 0. The van der Waals surface area contributed by atoms with Gasteiger partial charge in [-0.25, -0.2) is 4.79 Å². The molecule has 0 aliphatic carbocycles. The molecule has 2 heterocycles. The molecule has 0 aromatic rings. The van der Waals surface area contributed by atoms with Gasteiger partial charge in [-0.1, -0.05) is 84.6 Å². The number of carboxylic acids is 1. The normalized spacial score (nSPS) is 13.6. The van der Waals surface area contributed by atoms with Crippen LogP contribution in [0.2, 0.25) is 0 Å². The number of nitrogens with zero attached hydrogens (tertiary/aromatic N) is 4. The van der Waals surface area contributed by atoms with Crippen molar-refractivity contribution in [3.8, 4) is 0 Å². The molecule has 0 bridgehead atoms. The molecule has 0 aromatic heterocycles. The Morgan fingerprint density at radius 1 is 0.744 bits per heavy atom. The van der Waals surface area contributed by atoms with Gasteiger partial charge in [0.2, 0.25) is 0 Å². The van der Waals surface area contributed by atoms with Gasteiger partial charge in [-0.2, -0.15) is 0 Å². The van der Waals surface area contributed by atoms with Crippen molar-refractivity contribution in [1.29, 1.82) is 0 Å². The number of unbranched alkanes of at least 4 members (excludes halogenated alkanes) is 10. The van der Waals surface area contributed by atoms with Crippen LogP contribution in [0, 0.1) is 0 Å². The number of amidine groups is 2. The van der Waals surface area contributed by atoms with Crippen LogP contribution in [0.4, 0.5) is 0 Å². The topological polar surface area (TPSA) is 109 Å². The van der Waals surface area contributed by atoms with Crippen LogP contribution in [0.25, 0.3) is 0 Å². The minimum atomic E-state index is -0.981. The minimum absolute atomic E-state index is 0. The van der Waals surface area contributed by atoms with E-state index in [9.17, 15) is 4.79 Å². The first-order valence-corrected chi connectivity index (χ1v) is 14.7. The average molecular weight is 571 g/mol. The molecule has 39 heavy (non-hydrogen) atoms. The molecule has 0 amide bonds. The van der Waals surface area contributed by atoms with Gasteiger partial charge in [0.15, 0.2) is 0 Å². The first-order valence-electron chi connectivity index (χ1n) is 14.7. The van der Waals surface area contributed by atoms with Crippen molar-refractivity contribution in [2.24, 2.45) is 9.98 Å². The fourth-order valence-electron chi connectivity index (χ4n) is 4.38. The van der Waals surface area contributed by atoms with Crippen molar-refractivity contribution in [1.82, 2.24) is 9.80 Å². The Labute approximate surface area is 283 Å². The van der Waals surface area contributed by atoms with Crippen LogP contribution in [0.1, 0.15) is 104 Å². The molecule has 0 unspecified atom stereocenters. The smallest absolute Gasteiger partial charge is 0.478 e. The maximum atomic E-state index is 9.25. The Morgan fingerprint density at radius 3 is 1.38 bits per heavy atom. The van der Waals surface area contributed by atoms with E-state index in [4.69, 9.17) is 15.3 Å². The van der Waals surface area contributed by atoms with E-state index in [1.54, 1.807) is 0 Å². The molecule has 0 spiro atoms. The number of carbonyl (C=O) groups is 1. The summed E-state index contributed by atoms with van der Waals surface area (Å²) in [6.07, 6.45) is 19.1. The second kappa shape index (κ2) is 32.6. The van der Waals surface area contributed by atoms with E-state index < -0.39 is 5.97 Å². The number of hydrogen-bond acceptors (Lipinski definition) is 7. The fraction of sp³-hybridized carbons (Fsp3) is 0.828. The summed E-state index contributed by atoms with van der Waals surface area (Å²) < 4.78 is 0. The Morgan fingerprint density at radius 2 is 1.08 bits per heavy atom. The van der Waals surface area contributed by atoms with Crippen molar-refractivity contribution in [3.05, 3.63) is 12.7 Å². The summed E-state index contributed by atoms with van der Waals surface area (Å²) in [5, 5.41) is 25.4. The maximum Gasteiger partial charge on any atom is 1.00 e. The monoisotopic (exact) mass is 570 g/mol. The van der Waals surface area contributed by atoms with Crippen LogP contribution >= 0.6 is 0 Å². The molecule has 0 atom stereocenters. The van der Waals surface area contributed by atoms with E-state index >= 15 is 0 Å². The molecule has 0 saturated carbocycles. The summed E-state index contributed by atoms with van der Waals surface area (Å²) in [6.45, 7) is 13.3. The van der Waals surface area contributed by atoms with Crippen LogP contribution in [-0.2, 0) is 4.79 Å². The van der Waals surface area contributed by atoms with E-state index in [1.165, 1.54) is 88.7 Å². The molecule has 2 rings (SSSR count). The van der Waals surface area contributed by atoms with E-state index in [1.807, 2.05) is 0 Å². The predicted molar refractivity (Wildman–Crippen MR) is 156 cm³/mol. The summed E-state index contributed by atoms with van der Waals surface area (Å²) in [4.78, 5) is 22.7. The van der Waals surface area contributed by atoms with Gasteiger partial charge >= 0.3 is 65.1 Å². The number of aliphatic imine (C=N–C) groups is 2. The third kappa shape index (κ3) is 25.5. The fourth-order valence-corrected chi connectivity index (χ4v) is 4.38.